The van der Waals surface area contributed by atoms with Gasteiger partial charge in [-0.15, -0.1) is 0 Å². The molecule has 0 amide bonds. The number of nitrogens with one attached hydrogen (secondary N) is 2. The van der Waals surface area contributed by atoms with E-state index in [9.17, 15) is 0 Å². The lowest BCUT2D eigenvalue weighted by atomic mass is 10.2. The van der Waals surface area contributed by atoms with Crippen LogP contribution in [-0.4, -0.2) is 40.4 Å². The minimum atomic E-state index is 0.692. The molecule has 0 heterocycles. The highest BCUT2D eigenvalue weighted by Crippen LogP contribution is 1.87. The number of hydrogen-bond donors (Lipinski definition) is 2. The lowest BCUT2D eigenvalue weighted by Crippen LogP contribution is -2.29. The fourth-order valence-corrected chi connectivity index (χ4v) is 0.943. The van der Waals surface area contributed by atoms with Crippen molar-refractivity contribution in [2.45, 2.75) is 6.92 Å². The molecule has 3 heteroatoms. The highest BCUT2D eigenvalue weighted by Gasteiger charge is 1.97. The summed E-state index contributed by atoms with van der Waals surface area (Å²) in [6.45, 7) is 6.09. The smallest absolute Gasteiger partial charge is 0.0587 e. The van der Waals surface area contributed by atoms with Crippen LogP contribution in [0.3, 0.4) is 0 Å². The van der Waals surface area contributed by atoms with Crippen molar-refractivity contribution in [3.63, 3.8) is 0 Å². The first-order chi connectivity index (χ1) is 5.31. The van der Waals surface area contributed by atoms with E-state index < -0.39 is 0 Å². The average Bonchev–Trinajstić information content (AvgIpc) is 1.99. The molecule has 0 saturated carbocycles. The Morgan fingerprint density at radius 3 is 2.64 bits per heavy atom. The topological polar surface area (TPSA) is 33.3 Å². The van der Waals surface area contributed by atoms with Crippen molar-refractivity contribution in [1.82, 2.24) is 10.6 Å². The van der Waals surface area contributed by atoms with E-state index in [1.54, 1.807) is 7.11 Å². The van der Waals surface area contributed by atoms with Crippen molar-refractivity contribution < 1.29 is 4.74 Å². The number of methoxy groups -OCH3 is 1. The molecule has 3 nitrogen and oxygen atoms in total. The van der Waals surface area contributed by atoms with Crippen LogP contribution in [0.5, 0.6) is 0 Å². The van der Waals surface area contributed by atoms with Gasteiger partial charge in [0.15, 0.2) is 0 Å². The minimum absolute atomic E-state index is 0.692. The maximum absolute atomic E-state index is 4.91. The van der Waals surface area contributed by atoms with E-state index in [0.717, 1.165) is 26.2 Å². The molecule has 68 valence electrons. The predicted molar refractivity (Wildman–Crippen MR) is 47.8 cm³/mol. The zero-order valence-corrected chi connectivity index (χ0v) is 7.81. The Morgan fingerprint density at radius 2 is 2.09 bits per heavy atom. The summed E-state index contributed by atoms with van der Waals surface area (Å²) in [7, 11) is 3.70. The summed E-state index contributed by atoms with van der Waals surface area (Å²) >= 11 is 0. The molecule has 1 atom stereocenters. The molecule has 0 bridgehead atoms. The van der Waals surface area contributed by atoms with Crippen molar-refractivity contribution in [2.75, 3.05) is 40.4 Å². The van der Waals surface area contributed by atoms with E-state index >= 15 is 0 Å². The van der Waals surface area contributed by atoms with Crippen molar-refractivity contribution in [1.29, 1.82) is 0 Å². The van der Waals surface area contributed by atoms with Crippen molar-refractivity contribution >= 4 is 0 Å². The van der Waals surface area contributed by atoms with Gasteiger partial charge in [0.2, 0.25) is 0 Å². The summed E-state index contributed by atoms with van der Waals surface area (Å²) in [4.78, 5) is 0. The maximum Gasteiger partial charge on any atom is 0.0587 e. The minimum Gasteiger partial charge on any atom is -0.383 e. The van der Waals surface area contributed by atoms with Gasteiger partial charge in [0.1, 0.15) is 0 Å². The van der Waals surface area contributed by atoms with Crippen LogP contribution in [-0.2, 0) is 4.74 Å². The predicted octanol–water partition coefficient (Wildman–Crippen LogP) is 0.0779. The Balaban J connectivity index is 2.97. The van der Waals surface area contributed by atoms with Gasteiger partial charge in [0, 0.05) is 13.7 Å². The normalized spacial score (nSPS) is 13.4. The van der Waals surface area contributed by atoms with Crippen LogP contribution in [0, 0.1) is 5.92 Å². The van der Waals surface area contributed by atoms with Gasteiger partial charge in [0.25, 0.3) is 0 Å². The fourth-order valence-electron chi connectivity index (χ4n) is 0.943. The van der Waals surface area contributed by atoms with Gasteiger partial charge in [-0.1, -0.05) is 6.92 Å². The lowest BCUT2D eigenvalue weighted by molar-refractivity contribution is 0.198. The molecule has 0 fully saturated rings. The molecule has 0 aliphatic carbocycles. The molecule has 0 aliphatic heterocycles. The Morgan fingerprint density at radius 1 is 1.36 bits per heavy atom. The highest BCUT2D eigenvalue weighted by atomic mass is 16.5. The van der Waals surface area contributed by atoms with Gasteiger partial charge >= 0.3 is 0 Å². The number of ether oxygens (including phenoxy) is 1. The first-order valence-electron chi connectivity index (χ1n) is 4.15. The molecule has 0 radical (unpaired) electrons. The van der Waals surface area contributed by atoms with Gasteiger partial charge in [0.05, 0.1) is 6.61 Å². The summed E-state index contributed by atoms with van der Waals surface area (Å²) in [6.07, 6.45) is 0. The molecule has 0 saturated heterocycles. The van der Waals surface area contributed by atoms with Crippen LogP contribution in [0.25, 0.3) is 0 Å². The van der Waals surface area contributed by atoms with Crippen LogP contribution in [0.4, 0.5) is 0 Å². The Bertz CT molecular complexity index is 78.5. The second-order valence-electron chi connectivity index (χ2n) is 2.86. The largest absolute Gasteiger partial charge is 0.383 e. The van der Waals surface area contributed by atoms with Gasteiger partial charge in [-0.25, -0.2) is 0 Å². The summed E-state index contributed by atoms with van der Waals surface area (Å²) in [5, 5.41) is 6.44. The lowest BCUT2D eigenvalue weighted by Gasteiger charge is -2.10. The quantitative estimate of drug-likeness (QED) is 0.517. The second kappa shape index (κ2) is 7.98. The first-order valence-corrected chi connectivity index (χ1v) is 4.15. The summed E-state index contributed by atoms with van der Waals surface area (Å²) in [5.74, 6) is 0.692. The Hall–Kier alpha value is -0.120. The van der Waals surface area contributed by atoms with Crippen LogP contribution in [0.2, 0.25) is 0 Å². The number of rotatable bonds is 7. The van der Waals surface area contributed by atoms with E-state index in [0.29, 0.717) is 5.92 Å². The zero-order chi connectivity index (χ0) is 8.53. The van der Waals surface area contributed by atoms with Crippen LogP contribution in [0.15, 0.2) is 0 Å². The highest BCUT2D eigenvalue weighted by molar-refractivity contribution is 4.57. The first kappa shape index (κ1) is 10.9. The second-order valence-corrected chi connectivity index (χ2v) is 2.86. The summed E-state index contributed by atoms with van der Waals surface area (Å²) < 4.78 is 4.91. The number of hydrogen-bond acceptors (Lipinski definition) is 3. The van der Waals surface area contributed by atoms with E-state index in [1.165, 1.54) is 0 Å². The van der Waals surface area contributed by atoms with E-state index in [-0.39, 0.29) is 0 Å². The maximum atomic E-state index is 4.91. The van der Waals surface area contributed by atoms with Gasteiger partial charge in [-0.05, 0) is 26.1 Å². The van der Waals surface area contributed by atoms with Crippen LogP contribution >= 0.6 is 0 Å². The molecule has 0 aromatic heterocycles. The van der Waals surface area contributed by atoms with Gasteiger partial charge in [-0.3, -0.25) is 0 Å². The average molecular weight is 160 g/mol. The van der Waals surface area contributed by atoms with E-state index in [1.807, 2.05) is 7.05 Å². The molecule has 0 aromatic rings. The van der Waals surface area contributed by atoms with E-state index in [4.69, 9.17) is 4.74 Å². The van der Waals surface area contributed by atoms with Gasteiger partial charge in [-0.2, -0.15) is 0 Å². The summed E-state index contributed by atoms with van der Waals surface area (Å²) in [5.41, 5.74) is 0. The summed E-state index contributed by atoms with van der Waals surface area (Å²) in [6, 6.07) is 0. The van der Waals surface area contributed by atoms with Gasteiger partial charge < -0.3 is 15.4 Å². The molecule has 2 N–H and O–H groups in total. The molecular weight excluding hydrogens is 140 g/mol. The molecule has 0 aromatic carbocycles. The molecule has 11 heavy (non-hydrogen) atoms. The molecule has 1 unspecified atom stereocenters. The molecule has 0 rings (SSSR count). The molecule has 0 aliphatic rings. The Kier molecular flexibility index (Phi) is 7.89. The molecule has 0 spiro atoms. The SMILES string of the molecule is CNCC(C)CNCCOC. The molecular formula is C8H20N2O. The van der Waals surface area contributed by atoms with Crippen molar-refractivity contribution in [2.24, 2.45) is 5.92 Å². The third kappa shape index (κ3) is 7.78. The monoisotopic (exact) mass is 160 g/mol. The standard InChI is InChI=1S/C8H20N2O/c1-8(6-9-2)7-10-4-5-11-3/h8-10H,4-7H2,1-3H3. The van der Waals surface area contributed by atoms with Crippen LogP contribution in [0.1, 0.15) is 6.92 Å². The third-order valence-corrected chi connectivity index (χ3v) is 1.53. The van der Waals surface area contributed by atoms with E-state index in [2.05, 4.69) is 17.6 Å². The van der Waals surface area contributed by atoms with Crippen molar-refractivity contribution in [3.8, 4) is 0 Å². The van der Waals surface area contributed by atoms with Crippen molar-refractivity contribution in [3.05, 3.63) is 0 Å². The Labute approximate surface area is 69.5 Å². The third-order valence-electron chi connectivity index (χ3n) is 1.53. The van der Waals surface area contributed by atoms with Crippen LogP contribution < -0.4 is 10.6 Å². The fraction of sp³-hybridized carbons (Fsp3) is 1.00. The zero-order valence-electron chi connectivity index (χ0n) is 7.81.